The number of rotatable bonds is 7. The van der Waals surface area contributed by atoms with E-state index in [9.17, 15) is 13.2 Å². The van der Waals surface area contributed by atoms with E-state index in [0.29, 0.717) is 5.56 Å². The minimum Gasteiger partial charge on any atom is -0.348 e. The lowest BCUT2D eigenvalue weighted by Crippen LogP contribution is -2.37. The lowest BCUT2D eigenvalue weighted by molar-refractivity contribution is -0.123. The summed E-state index contributed by atoms with van der Waals surface area (Å²) in [5.74, 6) is -0.214. The second kappa shape index (κ2) is 7.98. The number of benzene rings is 1. The number of amides is 1. The Labute approximate surface area is 154 Å². The van der Waals surface area contributed by atoms with Crippen LogP contribution in [0.4, 0.5) is 0 Å². The third-order valence-corrected chi connectivity index (χ3v) is 5.92. The van der Waals surface area contributed by atoms with Crippen LogP contribution in [0.3, 0.4) is 0 Å². The van der Waals surface area contributed by atoms with Gasteiger partial charge in [-0.05, 0) is 31.7 Å². The van der Waals surface area contributed by atoms with E-state index in [1.54, 1.807) is 55.4 Å². The number of sulfonamides is 1. The Morgan fingerprint density at radius 3 is 2.50 bits per heavy atom. The molecular weight excluding hydrogens is 354 g/mol. The van der Waals surface area contributed by atoms with E-state index >= 15 is 0 Å². The molecule has 9 heteroatoms. The Balaban J connectivity index is 2.19. The number of hydrogen-bond donors (Lipinski definition) is 2. The fraction of sp³-hybridized carbons (Fsp3) is 0.412. The zero-order valence-electron chi connectivity index (χ0n) is 15.6. The molecule has 0 aliphatic heterocycles. The molecule has 0 aliphatic carbocycles. The van der Waals surface area contributed by atoms with Crippen LogP contribution in [-0.4, -0.2) is 49.6 Å². The van der Waals surface area contributed by atoms with Crippen LogP contribution in [0.5, 0.6) is 0 Å². The fourth-order valence-electron chi connectivity index (χ4n) is 2.57. The van der Waals surface area contributed by atoms with Crippen LogP contribution in [0.2, 0.25) is 0 Å². The number of aromatic nitrogens is 2. The molecule has 2 aromatic rings. The number of likely N-dealkylation sites (N-methyl/N-ethyl adjacent to an activating group) is 1. The molecule has 0 saturated carbocycles. The van der Waals surface area contributed by atoms with Gasteiger partial charge in [-0.25, -0.2) is 12.7 Å². The van der Waals surface area contributed by atoms with Crippen molar-refractivity contribution in [1.82, 2.24) is 24.7 Å². The average Bonchev–Trinajstić information content (AvgIpc) is 3.01. The lowest BCUT2D eigenvalue weighted by atomic mass is 10.1. The molecule has 0 saturated heterocycles. The second-order valence-corrected chi connectivity index (χ2v) is 8.41. The Morgan fingerprint density at radius 1 is 1.27 bits per heavy atom. The summed E-state index contributed by atoms with van der Waals surface area (Å²) in [6.07, 6.45) is 3.41. The van der Waals surface area contributed by atoms with Crippen molar-refractivity contribution in [2.45, 2.75) is 23.9 Å². The third kappa shape index (κ3) is 4.29. The number of carbonyl (C=O) groups is 1. The van der Waals surface area contributed by atoms with Crippen LogP contribution in [-0.2, 0) is 21.9 Å². The molecule has 1 aromatic carbocycles. The molecule has 0 bridgehead atoms. The summed E-state index contributed by atoms with van der Waals surface area (Å²) >= 11 is 0. The van der Waals surface area contributed by atoms with Crippen LogP contribution >= 0.6 is 0 Å². The predicted molar refractivity (Wildman–Crippen MR) is 98.9 cm³/mol. The van der Waals surface area contributed by atoms with Crippen LogP contribution < -0.4 is 10.6 Å². The van der Waals surface area contributed by atoms with Crippen molar-refractivity contribution >= 4 is 15.9 Å². The first-order chi connectivity index (χ1) is 12.2. The van der Waals surface area contributed by atoms with E-state index < -0.39 is 16.1 Å². The monoisotopic (exact) mass is 379 g/mol. The molecule has 0 spiro atoms. The number of nitrogens with zero attached hydrogens (tertiary/aromatic N) is 3. The summed E-state index contributed by atoms with van der Waals surface area (Å²) in [4.78, 5) is 12.8. The van der Waals surface area contributed by atoms with E-state index in [-0.39, 0.29) is 16.8 Å². The van der Waals surface area contributed by atoms with Crippen LogP contribution in [0.25, 0.3) is 0 Å². The van der Waals surface area contributed by atoms with E-state index in [1.165, 1.54) is 14.1 Å². The van der Waals surface area contributed by atoms with Crippen LogP contribution in [0, 0.1) is 0 Å². The highest BCUT2D eigenvalue weighted by molar-refractivity contribution is 7.89. The minimum absolute atomic E-state index is 0.193. The van der Waals surface area contributed by atoms with Gasteiger partial charge in [0.15, 0.2) is 0 Å². The van der Waals surface area contributed by atoms with Gasteiger partial charge in [-0.1, -0.05) is 12.1 Å². The highest BCUT2D eigenvalue weighted by Gasteiger charge is 2.23. The van der Waals surface area contributed by atoms with Gasteiger partial charge in [-0.3, -0.25) is 9.48 Å². The molecular formula is C17H25N5O3S. The fourth-order valence-corrected chi connectivity index (χ4v) is 3.53. The summed E-state index contributed by atoms with van der Waals surface area (Å²) in [6, 6.07) is 5.69. The summed E-state index contributed by atoms with van der Waals surface area (Å²) in [6.45, 7) is 1.81. The maximum Gasteiger partial charge on any atom is 0.242 e. The summed E-state index contributed by atoms with van der Waals surface area (Å²) in [5.41, 5.74) is 1.46. The van der Waals surface area contributed by atoms with Gasteiger partial charge in [-0.15, -0.1) is 0 Å². The van der Waals surface area contributed by atoms with Gasteiger partial charge in [0.25, 0.3) is 0 Å². The zero-order valence-corrected chi connectivity index (χ0v) is 16.4. The smallest absolute Gasteiger partial charge is 0.242 e. The Kier molecular flexibility index (Phi) is 6.17. The van der Waals surface area contributed by atoms with Crippen molar-refractivity contribution in [3.05, 3.63) is 47.8 Å². The summed E-state index contributed by atoms with van der Waals surface area (Å²) in [7, 11) is 2.93. The van der Waals surface area contributed by atoms with E-state index in [4.69, 9.17) is 0 Å². The second-order valence-electron chi connectivity index (χ2n) is 6.26. The number of nitrogens with one attached hydrogen (secondary N) is 2. The molecule has 1 amide bonds. The normalized spacial score (nSPS) is 14.2. The van der Waals surface area contributed by atoms with Crippen molar-refractivity contribution in [3.63, 3.8) is 0 Å². The molecule has 2 rings (SSSR count). The quantitative estimate of drug-likeness (QED) is 0.742. The van der Waals surface area contributed by atoms with Crippen molar-refractivity contribution < 1.29 is 13.2 Å². The molecule has 2 N–H and O–H groups in total. The first-order valence-corrected chi connectivity index (χ1v) is 9.59. The van der Waals surface area contributed by atoms with Gasteiger partial charge in [0.2, 0.25) is 15.9 Å². The molecule has 1 heterocycles. The van der Waals surface area contributed by atoms with E-state index in [2.05, 4.69) is 15.7 Å². The van der Waals surface area contributed by atoms with Crippen LogP contribution in [0.15, 0.2) is 41.6 Å². The lowest BCUT2D eigenvalue weighted by Gasteiger charge is -2.20. The van der Waals surface area contributed by atoms with Gasteiger partial charge in [0.1, 0.15) is 6.04 Å². The van der Waals surface area contributed by atoms with Gasteiger partial charge in [-0.2, -0.15) is 5.10 Å². The van der Waals surface area contributed by atoms with E-state index in [0.717, 1.165) is 9.87 Å². The van der Waals surface area contributed by atoms with Crippen molar-refractivity contribution in [2.24, 2.45) is 7.05 Å². The van der Waals surface area contributed by atoms with Gasteiger partial charge >= 0.3 is 0 Å². The largest absolute Gasteiger partial charge is 0.348 e. The molecule has 1 aromatic heterocycles. The van der Waals surface area contributed by atoms with Gasteiger partial charge < -0.3 is 10.6 Å². The molecule has 8 nitrogen and oxygen atoms in total. The Hall–Kier alpha value is -2.23. The minimum atomic E-state index is -3.53. The number of carbonyl (C=O) groups excluding carboxylic acids is 1. The molecule has 0 fully saturated rings. The van der Waals surface area contributed by atoms with Crippen molar-refractivity contribution in [3.8, 4) is 0 Å². The standard InChI is InChI=1S/C17H25N5O3S/c1-12(13-7-6-8-15(9-13)26(24,25)21(3)4)20-17(23)16(18-2)14-10-19-22(5)11-14/h6-12,16,18H,1-5H3,(H,20,23). The number of aryl methyl sites for hydroxylation is 1. The molecule has 26 heavy (non-hydrogen) atoms. The third-order valence-electron chi connectivity index (χ3n) is 4.10. The molecule has 142 valence electrons. The highest BCUT2D eigenvalue weighted by atomic mass is 32.2. The highest BCUT2D eigenvalue weighted by Crippen LogP contribution is 2.20. The molecule has 2 unspecified atom stereocenters. The topological polar surface area (TPSA) is 96.3 Å². The predicted octanol–water partition coefficient (Wildman–Crippen LogP) is 0.808. The Bertz CT molecular complexity index is 876. The summed E-state index contributed by atoms with van der Waals surface area (Å²) < 4.78 is 27.4. The number of hydrogen-bond acceptors (Lipinski definition) is 5. The Morgan fingerprint density at radius 2 is 1.96 bits per heavy atom. The summed E-state index contributed by atoms with van der Waals surface area (Å²) in [5, 5.41) is 9.97. The maximum atomic E-state index is 12.6. The van der Waals surface area contributed by atoms with Crippen molar-refractivity contribution in [2.75, 3.05) is 21.1 Å². The molecule has 2 atom stereocenters. The first-order valence-electron chi connectivity index (χ1n) is 8.15. The molecule has 0 aliphatic rings. The zero-order chi connectivity index (χ0) is 19.5. The van der Waals surface area contributed by atoms with Gasteiger partial charge in [0, 0.05) is 32.9 Å². The van der Waals surface area contributed by atoms with Gasteiger partial charge in [0.05, 0.1) is 17.1 Å². The first kappa shape index (κ1) is 20.1. The maximum absolute atomic E-state index is 12.6. The molecule has 0 radical (unpaired) electrons. The SMILES string of the molecule is CNC(C(=O)NC(C)c1cccc(S(=O)(=O)N(C)C)c1)c1cnn(C)c1. The van der Waals surface area contributed by atoms with Crippen LogP contribution in [0.1, 0.15) is 30.1 Å². The van der Waals surface area contributed by atoms with E-state index in [1.807, 2.05) is 6.92 Å². The average molecular weight is 379 g/mol. The van der Waals surface area contributed by atoms with Crippen molar-refractivity contribution in [1.29, 1.82) is 0 Å².